The quantitative estimate of drug-likeness (QED) is 0.901. The van der Waals surface area contributed by atoms with Gasteiger partial charge in [-0.25, -0.2) is 14.4 Å². The lowest BCUT2D eigenvalue weighted by Crippen LogP contribution is -2.27. The number of amides is 1. The average Bonchev–Trinajstić information content (AvgIpc) is 2.92. The van der Waals surface area contributed by atoms with Crippen LogP contribution in [0.15, 0.2) is 23.8 Å². The summed E-state index contributed by atoms with van der Waals surface area (Å²) in [6, 6.07) is 0.920. The molecule has 19 heavy (non-hydrogen) atoms. The van der Waals surface area contributed by atoms with Gasteiger partial charge < -0.3 is 10.6 Å². The summed E-state index contributed by atoms with van der Waals surface area (Å²) in [6.07, 6.45) is 2.73. The lowest BCUT2D eigenvalue weighted by molar-refractivity contribution is 0.0940. The summed E-state index contributed by atoms with van der Waals surface area (Å²) >= 11 is 1.45. The van der Waals surface area contributed by atoms with E-state index in [4.69, 9.17) is 0 Å². The van der Waals surface area contributed by atoms with Crippen molar-refractivity contribution in [2.45, 2.75) is 13.0 Å². The van der Waals surface area contributed by atoms with E-state index in [2.05, 4.69) is 20.6 Å². The normalized spacial score (nSPS) is 11.9. The van der Waals surface area contributed by atoms with Crippen molar-refractivity contribution < 1.29 is 9.18 Å². The van der Waals surface area contributed by atoms with Gasteiger partial charge in [0.05, 0.1) is 17.8 Å². The van der Waals surface area contributed by atoms with E-state index in [9.17, 15) is 9.18 Å². The molecule has 0 aliphatic heterocycles. The second-order valence-corrected chi connectivity index (χ2v) is 4.79. The first kappa shape index (κ1) is 13.4. The minimum absolute atomic E-state index is 0.172. The van der Waals surface area contributed by atoms with E-state index in [0.29, 0.717) is 5.82 Å². The maximum Gasteiger partial charge on any atom is 0.255 e. The Balaban J connectivity index is 2.18. The zero-order valence-corrected chi connectivity index (χ0v) is 11.3. The van der Waals surface area contributed by atoms with Crippen LogP contribution in [0.5, 0.6) is 0 Å². The van der Waals surface area contributed by atoms with Gasteiger partial charge in [-0.1, -0.05) is 0 Å². The molecule has 0 bridgehead atoms. The molecule has 1 unspecified atom stereocenters. The standard InChI is InChI=1S/C12H13FN4OS/c1-7(12-15-3-4-19-12)17-11(18)9-5-8(13)6-16-10(9)14-2/h3-7H,1-2H3,(H,14,16)(H,17,18). The Morgan fingerprint density at radius 3 is 2.89 bits per heavy atom. The van der Waals surface area contributed by atoms with Crippen LogP contribution in [-0.2, 0) is 0 Å². The number of halogens is 1. The van der Waals surface area contributed by atoms with E-state index in [1.54, 1.807) is 13.2 Å². The minimum Gasteiger partial charge on any atom is -0.372 e. The van der Waals surface area contributed by atoms with Crippen molar-refractivity contribution in [3.8, 4) is 0 Å². The molecule has 2 heterocycles. The van der Waals surface area contributed by atoms with Gasteiger partial charge in [-0.3, -0.25) is 4.79 Å². The van der Waals surface area contributed by atoms with Gasteiger partial charge in [-0.05, 0) is 13.0 Å². The highest BCUT2D eigenvalue weighted by molar-refractivity contribution is 7.09. The van der Waals surface area contributed by atoms with Crippen LogP contribution in [0.3, 0.4) is 0 Å². The third kappa shape index (κ3) is 3.05. The maximum absolute atomic E-state index is 13.2. The predicted molar refractivity (Wildman–Crippen MR) is 71.7 cm³/mol. The predicted octanol–water partition coefficient (Wildman–Crippen LogP) is 2.21. The van der Waals surface area contributed by atoms with E-state index < -0.39 is 5.82 Å². The molecule has 0 aliphatic carbocycles. The smallest absolute Gasteiger partial charge is 0.255 e. The zero-order valence-electron chi connectivity index (χ0n) is 10.5. The van der Waals surface area contributed by atoms with Gasteiger partial charge in [0.2, 0.25) is 0 Å². The first-order valence-electron chi connectivity index (χ1n) is 5.65. The molecule has 0 saturated heterocycles. The largest absolute Gasteiger partial charge is 0.372 e. The van der Waals surface area contributed by atoms with E-state index in [1.165, 1.54) is 11.3 Å². The fourth-order valence-electron chi connectivity index (χ4n) is 1.60. The van der Waals surface area contributed by atoms with Crippen molar-refractivity contribution in [2.75, 3.05) is 12.4 Å². The van der Waals surface area contributed by atoms with E-state index in [-0.39, 0.29) is 17.5 Å². The lowest BCUT2D eigenvalue weighted by atomic mass is 10.2. The Kier molecular flexibility index (Phi) is 4.06. The second-order valence-electron chi connectivity index (χ2n) is 3.87. The Morgan fingerprint density at radius 2 is 2.26 bits per heavy atom. The van der Waals surface area contributed by atoms with Gasteiger partial charge in [0.1, 0.15) is 16.6 Å². The van der Waals surface area contributed by atoms with E-state index in [1.807, 2.05) is 12.3 Å². The summed E-state index contributed by atoms with van der Waals surface area (Å²) in [6.45, 7) is 1.82. The highest BCUT2D eigenvalue weighted by Crippen LogP contribution is 2.18. The summed E-state index contributed by atoms with van der Waals surface area (Å²) in [4.78, 5) is 20.1. The summed E-state index contributed by atoms with van der Waals surface area (Å²) in [5.74, 6) is -0.602. The van der Waals surface area contributed by atoms with Crippen molar-refractivity contribution in [2.24, 2.45) is 0 Å². The Hall–Kier alpha value is -2.02. The Labute approximate surface area is 113 Å². The van der Waals surface area contributed by atoms with Crippen LogP contribution in [0.1, 0.15) is 28.3 Å². The molecule has 0 saturated carbocycles. The van der Waals surface area contributed by atoms with E-state index in [0.717, 1.165) is 17.3 Å². The van der Waals surface area contributed by atoms with Crippen molar-refractivity contribution in [3.05, 3.63) is 40.2 Å². The number of pyridine rings is 1. The summed E-state index contributed by atoms with van der Waals surface area (Å²) in [5, 5.41) is 8.15. The SMILES string of the molecule is CNc1ncc(F)cc1C(=O)NC(C)c1nccs1. The summed E-state index contributed by atoms with van der Waals surface area (Å²) in [7, 11) is 1.63. The van der Waals surface area contributed by atoms with Gasteiger partial charge in [0.25, 0.3) is 5.91 Å². The average molecular weight is 280 g/mol. The number of carbonyl (C=O) groups is 1. The van der Waals surface area contributed by atoms with E-state index >= 15 is 0 Å². The number of nitrogens with zero attached hydrogens (tertiary/aromatic N) is 2. The number of anilines is 1. The third-order valence-electron chi connectivity index (χ3n) is 2.51. The molecule has 7 heteroatoms. The van der Waals surface area contributed by atoms with Crippen molar-refractivity contribution in [3.63, 3.8) is 0 Å². The van der Waals surface area contributed by atoms with Crippen LogP contribution in [-0.4, -0.2) is 22.9 Å². The van der Waals surface area contributed by atoms with Gasteiger partial charge >= 0.3 is 0 Å². The first-order chi connectivity index (χ1) is 9.11. The topological polar surface area (TPSA) is 66.9 Å². The molecule has 0 aliphatic rings. The van der Waals surface area contributed by atoms with Crippen LogP contribution in [0.2, 0.25) is 0 Å². The molecule has 2 N–H and O–H groups in total. The molecule has 2 aromatic rings. The van der Waals surface area contributed by atoms with Gasteiger partial charge in [0, 0.05) is 18.6 Å². The van der Waals surface area contributed by atoms with Crippen molar-refractivity contribution in [1.82, 2.24) is 15.3 Å². The molecule has 5 nitrogen and oxygen atoms in total. The van der Waals surface area contributed by atoms with Crippen LogP contribution in [0.4, 0.5) is 10.2 Å². The van der Waals surface area contributed by atoms with Crippen LogP contribution >= 0.6 is 11.3 Å². The van der Waals surface area contributed by atoms with Gasteiger partial charge in [0.15, 0.2) is 0 Å². The molecule has 2 rings (SSSR count). The molecule has 2 aromatic heterocycles. The van der Waals surface area contributed by atoms with Crippen molar-refractivity contribution in [1.29, 1.82) is 0 Å². The molecular weight excluding hydrogens is 267 g/mol. The highest BCUT2D eigenvalue weighted by atomic mass is 32.1. The van der Waals surface area contributed by atoms with Crippen molar-refractivity contribution >= 4 is 23.1 Å². The number of hydrogen-bond acceptors (Lipinski definition) is 5. The summed E-state index contributed by atoms with van der Waals surface area (Å²) < 4.78 is 13.2. The molecule has 1 atom stereocenters. The first-order valence-corrected chi connectivity index (χ1v) is 6.53. The fourth-order valence-corrected chi connectivity index (χ4v) is 2.24. The summed E-state index contributed by atoms with van der Waals surface area (Å²) in [5.41, 5.74) is 0.172. The maximum atomic E-state index is 13.2. The highest BCUT2D eigenvalue weighted by Gasteiger charge is 2.17. The van der Waals surface area contributed by atoms with Crippen LogP contribution < -0.4 is 10.6 Å². The minimum atomic E-state index is -0.550. The number of thiazole rings is 1. The number of rotatable bonds is 4. The molecule has 0 fully saturated rings. The molecular formula is C12H13FN4OS. The molecule has 0 spiro atoms. The molecule has 100 valence electrons. The molecule has 0 radical (unpaired) electrons. The zero-order chi connectivity index (χ0) is 13.8. The molecule has 1 amide bonds. The third-order valence-corrected chi connectivity index (χ3v) is 3.46. The lowest BCUT2D eigenvalue weighted by Gasteiger charge is -2.13. The fraction of sp³-hybridized carbons (Fsp3) is 0.250. The Morgan fingerprint density at radius 1 is 1.47 bits per heavy atom. The number of nitrogens with one attached hydrogen (secondary N) is 2. The molecule has 0 aromatic carbocycles. The number of hydrogen-bond donors (Lipinski definition) is 2. The monoisotopic (exact) mass is 280 g/mol. The second kappa shape index (κ2) is 5.75. The number of carbonyl (C=O) groups excluding carboxylic acids is 1. The van der Waals surface area contributed by atoms with Crippen LogP contribution in [0, 0.1) is 5.82 Å². The van der Waals surface area contributed by atoms with Gasteiger partial charge in [-0.2, -0.15) is 0 Å². The Bertz CT molecular complexity index is 573. The number of aromatic nitrogens is 2. The van der Waals surface area contributed by atoms with Crippen LogP contribution in [0.25, 0.3) is 0 Å². The van der Waals surface area contributed by atoms with Gasteiger partial charge in [-0.15, -0.1) is 11.3 Å².